The Labute approximate surface area is 176 Å². The fourth-order valence-electron chi connectivity index (χ4n) is 2.42. The minimum atomic E-state index is -3.88. The summed E-state index contributed by atoms with van der Waals surface area (Å²) in [5, 5.41) is 0.236. The molecule has 0 amide bonds. The highest BCUT2D eigenvalue weighted by atomic mass is 35.5. The number of hydrogen-bond donors (Lipinski definition) is 2. The van der Waals surface area contributed by atoms with Crippen LogP contribution < -0.4 is 21.7 Å². The maximum absolute atomic E-state index is 12.2. The summed E-state index contributed by atoms with van der Waals surface area (Å²) in [5.41, 5.74) is 3.56. The first-order valence-electron chi connectivity index (χ1n) is 8.45. The Hall–Kier alpha value is -2.96. The van der Waals surface area contributed by atoms with Crippen molar-refractivity contribution < 1.29 is 22.7 Å². The fraction of sp³-hybridized carbons (Fsp3) is 0.294. The number of ether oxygens (including phenoxy) is 1. The van der Waals surface area contributed by atoms with Gasteiger partial charge in [-0.1, -0.05) is 17.7 Å². The van der Waals surface area contributed by atoms with E-state index in [1.54, 1.807) is 0 Å². The number of rotatable bonds is 8. The predicted octanol–water partition coefficient (Wildman–Crippen LogP) is -0.586. The smallest absolute Gasteiger partial charge is 0.332 e. The molecule has 0 aliphatic rings. The lowest BCUT2D eigenvalue weighted by Gasteiger charge is -2.11. The number of sulfonamides is 1. The summed E-state index contributed by atoms with van der Waals surface area (Å²) in [4.78, 5) is 47.9. The van der Waals surface area contributed by atoms with Gasteiger partial charge in [0.15, 0.2) is 6.61 Å². The van der Waals surface area contributed by atoms with Crippen LogP contribution in [0.15, 0.2) is 38.8 Å². The molecule has 0 fully saturated rings. The molecular weight excluding hydrogens is 440 g/mol. The van der Waals surface area contributed by atoms with Crippen molar-refractivity contribution in [3.8, 4) is 0 Å². The van der Waals surface area contributed by atoms with Crippen LogP contribution in [-0.4, -0.2) is 42.5 Å². The maximum atomic E-state index is 12.2. The first-order chi connectivity index (χ1) is 14.0. The van der Waals surface area contributed by atoms with Gasteiger partial charge in [0, 0.05) is 25.7 Å². The SMILES string of the molecule is Cn1c(N)c(C(=O)COC(=O)CCNS(=O)(=O)c2cccc(Cl)c2)c(=O)n(C)c1=O. The van der Waals surface area contributed by atoms with Gasteiger partial charge in [-0.3, -0.25) is 23.5 Å². The molecule has 1 aromatic heterocycles. The fourth-order valence-corrected chi connectivity index (χ4v) is 3.75. The lowest BCUT2D eigenvalue weighted by Crippen LogP contribution is -2.42. The number of hydrogen-bond acceptors (Lipinski definition) is 8. The number of aromatic nitrogens is 2. The van der Waals surface area contributed by atoms with Crippen LogP contribution in [0.3, 0.4) is 0 Å². The number of nitrogens with two attached hydrogens (primary N) is 1. The zero-order valence-electron chi connectivity index (χ0n) is 16.0. The summed E-state index contributed by atoms with van der Waals surface area (Å²) >= 11 is 5.76. The molecule has 30 heavy (non-hydrogen) atoms. The Bertz CT molecular complexity index is 1220. The lowest BCUT2D eigenvalue weighted by molar-refractivity contribution is -0.142. The predicted molar refractivity (Wildman–Crippen MR) is 108 cm³/mol. The minimum absolute atomic E-state index is 0.0699. The van der Waals surface area contributed by atoms with Crippen LogP contribution >= 0.6 is 11.6 Å². The highest BCUT2D eigenvalue weighted by Crippen LogP contribution is 2.15. The van der Waals surface area contributed by atoms with Gasteiger partial charge in [-0.15, -0.1) is 0 Å². The Morgan fingerprint density at radius 2 is 1.87 bits per heavy atom. The largest absolute Gasteiger partial charge is 0.457 e. The van der Waals surface area contributed by atoms with E-state index < -0.39 is 45.2 Å². The molecule has 1 aromatic carbocycles. The first-order valence-corrected chi connectivity index (χ1v) is 10.3. The van der Waals surface area contributed by atoms with Gasteiger partial charge in [0.1, 0.15) is 11.4 Å². The zero-order chi connectivity index (χ0) is 22.6. The number of ketones is 1. The molecule has 162 valence electrons. The second kappa shape index (κ2) is 9.24. The van der Waals surface area contributed by atoms with E-state index in [0.29, 0.717) is 4.57 Å². The monoisotopic (exact) mass is 458 g/mol. The summed E-state index contributed by atoms with van der Waals surface area (Å²) in [7, 11) is -1.42. The molecule has 2 rings (SSSR count). The molecule has 13 heteroatoms. The van der Waals surface area contributed by atoms with Crippen LogP contribution in [0.2, 0.25) is 5.02 Å². The zero-order valence-corrected chi connectivity index (χ0v) is 17.6. The minimum Gasteiger partial charge on any atom is -0.457 e. The van der Waals surface area contributed by atoms with Crippen LogP contribution in [0.1, 0.15) is 16.8 Å². The van der Waals surface area contributed by atoms with Crippen LogP contribution in [0, 0.1) is 0 Å². The van der Waals surface area contributed by atoms with E-state index >= 15 is 0 Å². The third-order valence-corrected chi connectivity index (χ3v) is 5.77. The molecule has 0 saturated heterocycles. The molecule has 0 aliphatic carbocycles. The number of Topliss-reactive ketones (excluding diaryl/α,β-unsaturated/α-hetero) is 1. The normalized spacial score (nSPS) is 11.3. The molecule has 0 unspecified atom stereocenters. The standard InChI is InChI=1S/C17H19ClN4O7S/c1-21-15(19)14(16(25)22(2)17(21)26)12(23)9-29-13(24)6-7-20-30(27,28)11-5-3-4-10(18)8-11/h3-5,8,20H,6-7,9,19H2,1-2H3. The molecule has 0 bridgehead atoms. The highest BCUT2D eigenvalue weighted by Gasteiger charge is 2.21. The molecule has 11 nitrogen and oxygen atoms in total. The average molecular weight is 459 g/mol. The van der Waals surface area contributed by atoms with Crippen LogP contribution in [0.4, 0.5) is 5.82 Å². The molecule has 3 N–H and O–H groups in total. The Kier molecular flexibility index (Phi) is 7.18. The number of halogens is 1. The number of carbonyl (C=O) groups excluding carboxylic acids is 2. The molecular formula is C17H19ClN4O7S. The van der Waals surface area contributed by atoms with Crippen molar-refractivity contribution in [1.29, 1.82) is 0 Å². The van der Waals surface area contributed by atoms with E-state index in [2.05, 4.69) is 4.72 Å². The summed E-state index contributed by atoms with van der Waals surface area (Å²) in [6, 6.07) is 5.56. The number of nitrogen functional groups attached to an aromatic ring is 1. The maximum Gasteiger partial charge on any atom is 0.332 e. The van der Waals surface area contributed by atoms with Gasteiger partial charge in [0.05, 0.1) is 11.3 Å². The first kappa shape index (κ1) is 23.3. The average Bonchev–Trinajstić information content (AvgIpc) is 2.69. The Morgan fingerprint density at radius 1 is 1.20 bits per heavy atom. The third-order valence-electron chi connectivity index (χ3n) is 4.08. The Balaban J connectivity index is 1.95. The van der Waals surface area contributed by atoms with Crippen molar-refractivity contribution >= 4 is 39.2 Å². The second-order valence-corrected chi connectivity index (χ2v) is 8.36. The van der Waals surface area contributed by atoms with Gasteiger partial charge in [-0.2, -0.15) is 0 Å². The van der Waals surface area contributed by atoms with Crippen molar-refractivity contribution in [3.05, 3.63) is 55.7 Å². The van der Waals surface area contributed by atoms with Crippen LogP contribution in [-0.2, 0) is 33.7 Å². The van der Waals surface area contributed by atoms with Crippen LogP contribution in [0.25, 0.3) is 0 Å². The number of esters is 1. The van der Waals surface area contributed by atoms with E-state index in [1.807, 2.05) is 0 Å². The molecule has 2 aromatic rings. The molecule has 0 spiro atoms. The summed E-state index contributed by atoms with van der Waals surface area (Å²) in [5.74, 6) is -2.12. The van der Waals surface area contributed by atoms with Gasteiger partial charge >= 0.3 is 11.7 Å². The van der Waals surface area contributed by atoms with E-state index in [4.69, 9.17) is 22.1 Å². The molecule has 0 saturated carbocycles. The van der Waals surface area contributed by atoms with Crippen molar-refractivity contribution in [2.45, 2.75) is 11.3 Å². The second-order valence-electron chi connectivity index (χ2n) is 6.16. The van der Waals surface area contributed by atoms with Crippen molar-refractivity contribution in [1.82, 2.24) is 13.9 Å². The number of carbonyl (C=O) groups is 2. The van der Waals surface area contributed by atoms with Crippen molar-refractivity contribution in [2.24, 2.45) is 14.1 Å². The van der Waals surface area contributed by atoms with Gasteiger partial charge in [-0.05, 0) is 18.2 Å². The van der Waals surface area contributed by atoms with Crippen LogP contribution in [0.5, 0.6) is 0 Å². The van der Waals surface area contributed by atoms with E-state index in [0.717, 1.165) is 4.57 Å². The van der Waals surface area contributed by atoms with Gasteiger partial charge in [-0.25, -0.2) is 17.9 Å². The molecule has 0 radical (unpaired) electrons. The van der Waals surface area contributed by atoms with Crippen molar-refractivity contribution in [2.75, 3.05) is 18.9 Å². The lowest BCUT2D eigenvalue weighted by atomic mass is 10.2. The molecule has 1 heterocycles. The van der Waals surface area contributed by atoms with Gasteiger partial charge in [0.25, 0.3) is 5.56 Å². The van der Waals surface area contributed by atoms with E-state index in [1.165, 1.54) is 38.4 Å². The van der Waals surface area contributed by atoms with E-state index in [-0.39, 0.29) is 28.7 Å². The van der Waals surface area contributed by atoms with Gasteiger partial charge in [0.2, 0.25) is 15.8 Å². The number of anilines is 1. The number of nitrogens with zero attached hydrogens (tertiary/aromatic N) is 2. The number of nitrogens with one attached hydrogen (secondary N) is 1. The molecule has 0 aliphatic heterocycles. The topological polar surface area (TPSA) is 160 Å². The quantitative estimate of drug-likeness (QED) is 0.392. The van der Waals surface area contributed by atoms with E-state index in [9.17, 15) is 27.6 Å². The molecule has 0 atom stereocenters. The third kappa shape index (κ3) is 5.14. The Morgan fingerprint density at radius 3 is 2.50 bits per heavy atom. The summed E-state index contributed by atoms with van der Waals surface area (Å²) < 4.78 is 32.9. The summed E-state index contributed by atoms with van der Waals surface area (Å²) in [6.07, 6.45) is -0.367. The number of benzene rings is 1. The summed E-state index contributed by atoms with van der Waals surface area (Å²) in [6.45, 7) is -1.08. The van der Waals surface area contributed by atoms with Crippen molar-refractivity contribution in [3.63, 3.8) is 0 Å². The van der Waals surface area contributed by atoms with Gasteiger partial charge < -0.3 is 10.5 Å². The highest BCUT2D eigenvalue weighted by molar-refractivity contribution is 7.89.